The SMILES string of the molecule is CCOc1cc2ncc(C#N)c(Nc3ccc(OCC4CC4)c(Cl)c3)c2cc1N. The number of rotatable bonds is 7. The molecule has 4 rings (SSSR count). The monoisotopic (exact) mass is 408 g/mol. The van der Waals surface area contributed by atoms with Gasteiger partial charge in [-0.1, -0.05) is 11.6 Å². The van der Waals surface area contributed by atoms with Gasteiger partial charge in [0.1, 0.15) is 17.6 Å². The third kappa shape index (κ3) is 4.15. The maximum Gasteiger partial charge on any atom is 0.144 e. The molecule has 1 saturated carbocycles. The standard InChI is InChI=1S/C22H21ClN4O2/c1-2-28-21-9-19-16(8-18(21)25)22(14(10-24)11-26-19)27-15-5-6-20(17(23)7-15)29-12-13-3-4-13/h5-9,11,13H,2-4,12,25H2,1H3,(H,26,27). The fourth-order valence-electron chi connectivity index (χ4n) is 3.07. The lowest BCUT2D eigenvalue weighted by Gasteiger charge is -2.15. The molecule has 0 unspecified atom stereocenters. The van der Waals surface area contributed by atoms with Crippen LogP contribution >= 0.6 is 11.6 Å². The minimum atomic E-state index is 0.409. The molecule has 1 aromatic heterocycles. The van der Waals surface area contributed by atoms with E-state index in [2.05, 4.69) is 16.4 Å². The van der Waals surface area contributed by atoms with Gasteiger partial charge in [-0.05, 0) is 49.9 Å². The van der Waals surface area contributed by atoms with E-state index < -0.39 is 0 Å². The summed E-state index contributed by atoms with van der Waals surface area (Å²) in [7, 11) is 0. The average molecular weight is 409 g/mol. The summed E-state index contributed by atoms with van der Waals surface area (Å²) in [4.78, 5) is 4.37. The molecule has 0 bridgehead atoms. The first-order valence-corrected chi connectivity index (χ1v) is 9.91. The zero-order valence-electron chi connectivity index (χ0n) is 16.0. The lowest BCUT2D eigenvalue weighted by molar-refractivity contribution is 0.300. The van der Waals surface area contributed by atoms with E-state index in [0.717, 1.165) is 11.1 Å². The van der Waals surface area contributed by atoms with Crippen molar-refractivity contribution in [3.63, 3.8) is 0 Å². The Bertz CT molecular complexity index is 1110. The van der Waals surface area contributed by atoms with Gasteiger partial charge in [-0.15, -0.1) is 0 Å². The highest BCUT2D eigenvalue weighted by molar-refractivity contribution is 6.32. The van der Waals surface area contributed by atoms with Gasteiger partial charge >= 0.3 is 0 Å². The van der Waals surface area contributed by atoms with E-state index in [4.69, 9.17) is 26.8 Å². The molecule has 0 radical (unpaired) electrons. The second kappa shape index (κ2) is 8.06. The summed E-state index contributed by atoms with van der Waals surface area (Å²) in [5.74, 6) is 1.88. The Labute approximate surface area is 174 Å². The number of fused-ring (bicyclic) bond motifs is 1. The fraction of sp³-hybridized carbons (Fsp3) is 0.273. The van der Waals surface area contributed by atoms with Crippen LogP contribution in [0.5, 0.6) is 11.5 Å². The summed E-state index contributed by atoms with van der Waals surface area (Å²) >= 11 is 6.39. The number of hydrogen-bond acceptors (Lipinski definition) is 6. The molecule has 0 spiro atoms. The van der Waals surface area contributed by atoms with Crippen molar-refractivity contribution in [2.75, 3.05) is 24.3 Å². The van der Waals surface area contributed by atoms with E-state index in [-0.39, 0.29) is 0 Å². The van der Waals surface area contributed by atoms with Crippen molar-refractivity contribution in [3.8, 4) is 17.6 Å². The summed E-state index contributed by atoms with van der Waals surface area (Å²) in [6.45, 7) is 3.09. The quantitative estimate of drug-likeness (QED) is 0.517. The number of pyridine rings is 1. The molecule has 1 aliphatic carbocycles. The van der Waals surface area contributed by atoms with Gasteiger partial charge < -0.3 is 20.5 Å². The summed E-state index contributed by atoms with van der Waals surface area (Å²) < 4.78 is 11.3. The molecule has 1 aliphatic rings. The molecule has 1 fully saturated rings. The topological polar surface area (TPSA) is 93.2 Å². The highest BCUT2D eigenvalue weighted by Crippen LogP contribution is 2.37. The van der Waals surface area contributed by atoms with Crippen LogP contribution in [0, 0.1) is 17.2 Å². The number of benzene rings is 2. The fourth-order valence-corrected chi connectivity index (χ4v) is 3.30. The molecule has 3 aromatic rings. The van der Waals surface area contributed by atoms with Crippen molar-refractivity contribution in [2.24, 2.45) is 5.92 Å². The van der Waals surface area contributed by atoms with Gasteiger partial charge in [0, 0.05) is 23.3 Å². The summed E-state index contributed by atoms with van der Waals surface area (Å²) in [6.07, 6.45) is 3.97. The molecule has 2 aromatic carbocycles. The van der Waals surface area contributed by atoms with Crippen molar-refractivity contribution in [1.82, 2.24) is 4.98 Å². The van der Waals surface area contributed by atoms with E-state index in [0.29, 0.717) is 58.1 Å². The predicted molar refractivity (Wildman–Crippen MR) is 115 cm³/mol. The lowest BCUT2D eigenvalue weighted by atomic mass is 10.1. The Kier molecular flexibility index (Phi) is 5.32. The number of hydrogen-bond donors (Lipinski definition) is 2. The number of nitrogen functional groups attached to an aromatic ring is 1. The van der Waals surface area contributed by atoms with Gasteiger partial charge in [0.15, 0.2) is 0 Å². The van der Waals surface area contributed by atoms with E-state index >= 15 is 0 Å². The minimum absolute atomic E-state index is 0.409. The van der Waals surface area contributed by atoms with Crippen LogP contribution in [0.15, 0.2) is 36.5 Å². The van der Waals surface area contributed by atoms with E-state index in [1.54, 1.807) is 18.2 Å². The maximum absolute atomic E-state index is 9.56. The Morgan fingerprint density at radius 2 is 2.07 bits per heavy atom. The number of anilines is 3. The Hall–Kier alpha value is -3.17. The molecule has 3 N–H and O–H groups in total. The molecule has 0 aliphatic heterocycles. The molecule has 1 heterocycles. The van der Waals surface area contributed by atoms with Crippen LogP contribution in [0.2, 0.25) is 5.02 Å². The number of nitrogens with zero attached hydrogens (tertiary/aromatic N) is 2. The number of ether oxygens (including phenoxy) is 2. The summed E-state index contributed by atoms with van der Waals surface area (Å²) in [6, 6.07) is 11.2. The largest absolute Gasteiger partial charge is 0.492 e. The van der Waals surface area contributed by atoms with Crippen molar-refractivity contribution in [3.05, 3.63) is 47.1 Å². The smallest absolute Gasteiger partial charge is 0.144 e. The van der Waals surface area contributed by atoms with Gasteiger partial charge in [0.25, 0.3) is 0 Å². The first-order valence-electron chi connectivity index (χ1n) is 9.53. The average Bonchev–Trinajstić information content (AvgIpc) is 3.53. The zero-order chi connectivity index (χ0) is 20.4. The van der Waals surface area contributed by atoms with Gasteiger partial charge in [-0.25, -0.2) is 0 Å². The van der Waals surface area contributed by atoms with Crippen molar-refractivity contribution < 1.29 is 9.47 Å². The minimum Gasteiger partial charge on any atom is -0.492 e. The molecule has 6 nitrogen and oxygen atoms in total. The molecule has 29 heavy (non-hydrogen) atoms. The first kappa shape index (κ1) is 19.2. The zero-order valence-corrected chi connectivity index (χ0v) is 16.8. The first-order chi connectivity index (χ1) is 14.1. The van der Waals surface area contributed by atoms with E-state index in [1.807, 2.05) is 19.1 Å². The second-order valence-corrected chi connectivity index (χ2v) is 7.43. The highest BCUT2D eigenvalue weighted by atomic mass is 35.5. The highest BCUT2D eigenvalue weighted by Gasteiger charge is 2.22. The van der Waals surface area contributed by atoms with Crippen LogP contribution in [0.1, 0.15) is 25.3 Å². The van der Waals surface area contributed by atoms with Crippen LogP contribution in [-0.4, -0.2) is 18.2 Å². The van der Waals surface area contributed by atoms with Crippen molar-refractivity contribution in [2.45, 2.75) is 19.8 Å². The second-order valence-electron chi connectivity index (χ2n) is 7.02. The van der Waals surface area contributed by atoms with Crippen LogP contribution in [-0.2, 0) is 0 Å². The number of nitrogens with one attached hydrogen (secondary N) is 1. The Morgan fingerprint density at radius 3 is 2.76 bits per heavy atom. The lowest BCUT2D eigenvalue weighted by Crippen LogP contribution is -2.01. The van der Waals surface area contributed by atoms with Crippen molar-refractivity contribution >= 4 is 39.6 Å². The predicted octanol–water partition coefficient (Wildman–Crippen LogP) is 5.27. The molecule has 0 amide bonds. The van der Waals surface area contributed by atoms with Crippen LogP contribution < -0.4 is 20.5 Å². The van der Waals surface area contributed by atoms with Gasteiger partial charge in [0.2, 0.25) is 0 Å². The number of nitriles is 1. The Balaban J connectivity index is 1.68. The summed E-state index contributed by atoms with van der Waals surface area (Å²) in [5.41, 5.74) is 9.07. The molecular formula is C22H21ClN4O2. The van der Waals surface area contributed by atoms with E-state index in [1.165, 1.54) is 19.0 Å². The number of halogens is 1. The molecular weight excluding hydrogens is 388 g/mol. The maximum atomic E-state index is 9.56. The van der Waals surface area contributed by atoms with Crippen LogP contribution in [0.4, 0.5) is 17.1 Å². The molecule has 0 atom stereocenters. The van der Waals surface area contributed by atoms with Gasteiger partial charge in [0.05, 0.1) is 40.7 Å². The Morgan fingerprint density at radius 1 is 1.24 bits per heavy atom. The molecule has 0 saturated heterocycles. The molecule has 7 heteroatoms. The third-order valence-corrected chi connectivity index (χ3v) is 5.09. The van der Waals surface area contributed by atoms with Crippen LogP contribution in [0.3, 0.4) is 0 Å². The summed E-state index contributed by atoms with van der Waals surface area (Å²) in [5, 5.41) is 14.1. The molecule has 148 valence electrons. The number of nitrogens with two attached hydrogens (primary N) is 1. The number of aromatic nitrogens is 1. The third-order valence-electron chi connectivity index (χ3n) is 4.79. The van der Waals surface area contributed by atoms with Crippen molar-refractivity contribution in [1.29, 1.82) is 5.26 Å². The van der Waals surface area contributed by atoms with Crippen LogP contribution in [0.25, 0.3) is 10.9 Å². The van der Waals surface area contributed by atoms with Gasteiger partial charge in [-0.2, -0.15) is 5.26 Å². The van der Waals surface area contributed by atoms with E-state index in [9.17, 15) is 5.26 Å². The normalized spacial score (nSPS) is 13.1. The van der Waals surface area contributed by atoms with Gasteiger partial charge in [-0.3, -0.25) is 4.98 Å².